The van der Waals surface area contributed by atoms with Crippen LogP contribution in [0, 0.1) is 0 Å². The summed E-state index contributed by atoms with van der Waals surface area (Å²) in [7, 11) is 0. The van der Waals surface area contributed by atoms with Crippen LogP contribution in [0.25, 0.3) is 0 Å². The largest absolute Gasteiger partial charge is 0.347 e. The molecule has 26 heavy (non-hydrogen) atoms. The first-order chi connectivity index (χ1) is 11.8. The maximum absolute atomic E-state index is 7.10. The molecule has 0 N–H and O–H groups in total. The van der Waals surface area contributed by atoms with Gasteiger partial charge in [0.2, 0.25) is 0 Å². The van der Waals surface area contributed by atoms with E-state index in [2.05, 4.69) is 46.8 Å². The summed E-state index contributed by atoms with van der Waals surface area (Å²) in [6.45, 7) is 8.03. The molecule has 1 unspecified atom stereocenters. The minimum Gasteiger partial charge on any atom is -0.145 e. The van der Waals surface area contributed by atoms with Gasteiger partial charge >= 0.3 is 6.00 Å². The van der Waals surface area contributed by atoms with E-state index in [1.807, 2.05) is 18.2 Å². The minimum atomic E-state index is -3.04. The lowest BCUT2D eigenvalue weighted by Crippen LogP contribution is -2.46. The summed E-state index contributed by atoms with van der Waals surface area (Å²) in [5, 5.41) is -0.849. The van der Waals surface area contributed by atoms with Gasteiger partial charge in [-0.05, 0) is 22.6 Å². The fourth-order valence-corrected chi connectivity index (χ4v) is 9.58. The average molecular weight is 493 g/mol. The lowest BCUT2D eigenvalue weighted by molar-refractivity contribution is 0.407. The summed E-state index contributed by atoms with van der Waals surface area (Å²) in [6.07, 6.45) is 4.64. The van der Waals surface area contributed by atoms with Gasteiger partial charge in [-0.1, -0.05) is 90.6 Å². The van der Waals surface area contributed by atoms with E-state index in [-0.39, 0.29) is 11.0 Å². The van der Waals surface area contributed by atoms with Crippen LogP contribution in [0.4, 0.5) is 0 Å². The topological polar surface area (TPSA) is 0 Å². The van der Waals surface area contributed by atoms with Crippen LogP contribution in [-0.4, -0.2) is 12.7 Å². The van der Waals surface area contributed by atoms with Gasteiger partial charge in [-0.2, -0.15) is 0 Å². The molecule has 0 spiro atoms. The number of halogens is 5. The summed E-state index contributed by atoms with van der Waals surface area (Å²) in [5.41, 5.74) is 1.15. The van der Waals surface area contributed by atoms with Crippen molar-refractivity contribution in [2.45, 2.75) is 82.3 Å². The number of unbranched alkanes of at least 4 members (excludes halogenated alkanes) is 3. The molecule has 0 radical (unpaired) electrons. The molecule has 0 bridgehead atoms. The average Bonchev–Trinajstić information content (AvgIpc) is 2.51. The van der Waals surface area contributed by atoms with E-state index in [0.717, 1.165) is 18.0 Å². The highest BCUT2D eigenvalue weighted by Crippen LogP contribution is 2.67. The Kier molecular flexibility index (Phi) is 9.42. The number of rotatable bonds is 10. The zero-order valence-electron chi connectivity index (χ0n) is 16.4. The standard InChI is InChI=1S/C19H31Cl5Si2/c1-6-7-8-12-15-25(20,21)18(2,3)17(16-13-10-9-11-14-16)19(4,5)26(22,23)24/h9-11,13-14,17H,6-8,12,15H2,1-5H3. The molecule has 1 rings (SSSR count). The van der Waals surface area contributed by atoms with Crippen LogP contribution in [-0.2, 0) is 0 Å². The van der Waals surface area contributed by atoms with Gasteiger partial charge in [0.15, 0.2) is 0 Å². The summed E-state index contributed by atoms with van der Waals surface area (Å²) in [5.74, 6) is -0.0248. The first kappa shape index (κ1) is 25.1. The third-order valence-electron chi connectivity index (χ3n) is 5.59. The highest BCUT2D eigenvalue weighted by molar-refractivity contribution is 7.65. The first-order valence-electron chi connectivity index (χ1n) is 9.28. The predicted octanol–water partition coefficient (Wildman–Crippen LogP) is 9.49. The minimum absolute atomic E-state index is 0.0248. The first-order valence-corrected chi connectivity index (χ1v) is 18.5. The molecular weight excluding hydrogens is 462 g/mol. The van der Waals surface area contributed by atoms with E-state index in [4.69, 9.17) is 55.4 Å². The molecule has 0 fully saturated rings. The van der Waals surface area contributed by atoms with Crippen molar-refractivity contribution in [1.82, 2.24) is 0 Å². The monoisotopic (exact) mass is 490 g/mol. The van der Waals surface area contributed by atoms with Crippen LogP contribution in [0.3, 0.4) is 0 Å². The predicted molar refractivity (Wildman–Crippen MR) is 127 cm³/mol. The van der Waals surface area contributed by atoms with Crippen molar-refractivity contribution >= 4 is 68.1 Å². The van der Waals surface area contributed by atoms with E-state index in [1.165, 1.54) is 19.3 Å². The molecule has 1 aromatic rings. The normalized spacial score (nSPS) is 15.2. The quantitative estimate of drug-likeness (QED) is 0.173. The summed E-state index contributed by atoms with van der Waals surface area (Å²) < 4.78 is 0. The maximum Gasteiger partial charge on any atom is 0.347 e. The van der Waals surface area contributed by atoms with E-state index >= 15 is 0 Å². The van der Waals surface area contributed by atoms with E-state index in [0.29, 0.717) is 0 Å². The van der Waals surface area contributed by atoms with Gasteiger partial charge in [-0.3, -0.25) is 0 Å². The smallest absolute Gasteiger partial charge is 0.145 e. The molecule has 7 heteroatoms. The SMILES string of the molecule is CCCCCC[Si](Cl)(Cl)C(C)(C)C(c1ccccc1)C(C)(C)[Si](Cl)(Cl)Cl. The van der Waals surface area contributed by atoms with Gasteiger partial charge in [0, 0.05) is 5.04 Å². The van der Waals surface area contributed by atoms with E-state index in [9.17, 15) is 0 Å². The number of hydrogen-bond donors (Lipinski definition) is 0. The second kappa shape index (κ2) is 9.74. The van der Waals surface area contributed by atoms with Crippen molar-refractivity contribution in [2.24, 2.45) is 0 Å². The van der Waals surface area contributed by atoms with Crippen molar-refractivity contribution in [3.8, 4) is 0 Å². The fourth-order valence-electron chi connectivity index (χ4n) is 3.85. The van der Waals surface area contributed by atoms with Crippen LogP contribution in [0.5, 0.6) is 0 Å². The Morgan fingerprint density at radius 2 is 1.35 bits per heavy atom. The van der Waals surface area contributed by atoms with E-state index < -0.39 is 17.7 Å². The molecule has 0 aliphatic heterocycles. The highest BCUT2D eigenvalue weighted by atomic mass is 35.8. The summed E-state index contributed by atoms with van der Waals surface area (Å²) >= 11 is 33.9. The van der Waals surface area contributed by atoms with Crippen molar-refractivity contribution in [3.05, 3.63) is 35.9 Å². The molecule has 1 aromatic carbocycles. The lowest BCUT2D eigenvalue weighted by atomic mass is 9.78. The van der Waals surface area contributed by atoms with Crippen molar-refractivity contribution in [1.29, 1.82) is 0 Å². The fraction of sp³-hybridized carbons (Fsp3) is 0.684. The van der Waals surface area contributed by atoms with Crippen LogP contribution < -0.4 is 0 Å². The Hall–Kier alpha value is 1.10. The lowest BCUT2D eigenvalue weighted by Gasteiger charge is -2.51. The van der Waals surface area contributed by atoms with Crippen molar-refractivity contribution < 1.29 is 0 Å². The van der Waals surface area contributed by atoms with Gasteiger partial charge in [0.05, 0.1) is 0 Å². The molecular formula is C19H31Cl5Si2. The van der Waals surface area contributed by atoms with Crippen LogP contribution in [0.2, 0.25) is 16.1 Å². The molecule has 0 amide bonds. The maximum atomic E-state index is 7.10. The zero-order chi connectivity index (χ0) is 20.2. The molecule has 1 atom stereocenters. The van der Waals surface area contributed by atoms with Crippen molar-refractivity contribution in [3.63, 3.8) is 0 Å². The summed E-state index contributed by atoms with van der Waals surface area (Å²) in [4.78, 5) is 0. The van der Waals surface area contributed by atoms with Gasteiger partial charge in [-0.25, -0.2) is 0 Å². The Balaban J connectivity index is 3.32. The third-order valence-corrected chi connectivity index (χ3v) is 18.9. The van der Waals surface area contributed by atoms with Gasteiger partial charge < -0.3 is 0 Å². The molecule has 0 nitrogen and oxygen atoms in total. The van der Waals surface area contributed by atoms with Crippen molar-refractivity contribution in [2.75, 3.05) is 0 Å². The molecule has 0 aliphatic rings. The number of hydrogen-bond acceptors (Lipinski definition) is 0. The second-order valence-electron chi connectivity index (χ2n) is 8.30. The second-order valence-corrected chi connectivity index (χ2v) is 25.1. The molecule has 150 valence electrons. The van der Waals surface area contributed by atoms with Crippen LogP contribution >= 0.6 is 55.4 Å². The highest BCUT2D eigenvalue weighted by Gasteiger charge is 2.60. The Morgan fingerprint density at radius 3 is 1.81 bits per heavy atom. The molecule has 0 saturated carbocycles. The van der Waals surface area contributed by atoms with Crippen LogP contribution in [0.15, 0.2) is 30.3 Å². The molecule has 0 heterocycles. The Morgan fingerprint density at radius 1 is 0.808 bits per heavy atom. The van der Waals surface area contributed by atoms with Gasteiger partial charge in [-0.15, -0.1) is 55.4 Å². The van der Waals surface area contributed by atoms with Gasteiger partial charge in [0.25, 0.3) is 6.69 Å². The Labute approximate surface area is 185 Å². The molecule has 0 saturated heterocycles. The third kappa shape index (κ3) is 5.81. The Bertz CT molecular complexity index is 553. The van der Waals surface area contributed by atoms with E-state index in [1.54, 1.807) is 0 Å². The number of benzene rings is 1. The molecule has 0 aliphatic carbocycles. The molecule has 0 aromatic heterocycles. The van der Waals surface area contributed by atoms with Gasteiger partial charge in [0.1, 0.15) is 0 Å². The summed E-state index contributed by atoms with van der Waals surface area (Å²) in [6, 6.07) is 8.10. The zero-order valence-corrected chi connectivity index (χ0v) is 22.2. The van der Waals surface area contributed by atoms with Crippen LogP contribution in [0.1, 0.15) is 71.8 Å².